The molecule has 0 radical (unpaired) electrons. The summed E-state index contributed by atoms with van der Waals surface area (Å²) in [6.07, 6.45) is 3.31. The first-order valence-corrected chi connectivity index (χ1v) is 8.41. The number of benzene rings is 1. The molecule has 122 valence electrons. The van der Waals surface area contributed by atoms with Gasteiger partial charge in [-0.2, -0.15) is 0 Å². The molecule has 2 nitrogen and oxygen atoms in total. The Morgan fingerprint density at radius 2 is 1.73 bits per heavy atom. The van der Waals surface area contributed by atoms with Gasteiger partial charge in [-0.3, -0.25) is 4.90 Å². The zero-order valence-electron chi connectivity index (χ0n) is 15.0. The summed E-state index contributed by atoms with van der Waals surface area (Å²) in [5, 5.41) is 0. The van der Waals surface area contributed by atoms with Gasteiger partial charge in [0, 0.05) is 24.1 Å². The molecule has 22 heavy (non-hydrogen) atoms. The second kappa shape index (κ2) is 9.54. The zero-order chi connectivity index (χ0) is 16.5. The predicted octanol–water partition coefficient (Wildman–Crippen LogP) is 5.05. The lowest BCUT2D eigenvalue weighted by molar-refractivity contribution is 0.142. The summed E-state index contributed by atoms with van der Waals surface area (Å²) in [6.45, 7) is 11.1. The Labute approximate surface area is 136 Å². The van der Waals surface area contributed by atoms with Gasteiger partial charge < -0.3 is 4.74 Å². The maximum atomic E-state index is 5.57. The molecule has 2 heteroatoms. The van der Waals surface area contributed by atoms with Crippen molar-refractivity contribution in [2.75, 3.05) is 7.11 Å². The van der Waals surface area contributed by atoms with E-state index in [1.165, 1.54) is 6.42 Å². The van der Waals surface area contributed by atoms with Crippen LogP contribution in [0.4, 0.5) is 0 Å². The summed E-state index contributed by atoms with van der Waals surface area (Å²) in [4.78, 5) is 2.46. The van der Waals surface area contributed by atoms with Crippen molar-refractivity contribution >= 4 is 0 Å². The van der Waals surface area contributed by atoms with Crippen LogP contribution in [0.3, 0.4) is 0 Å². The van der Waals surface area contributed by atoms with Crippen LogP contribution in [0.1, 0.15) is 65.5 Å². The lowest BCUT2D eigenvalue weighted by Gasteiger charge is -2.36. The molecule has 0 aliphatic carbocycles. The third-order valence-corrected chi connectivity index (χ3v) is 3.82. The average Bonchev–Trinajstić information content (AvgIpc) is 2.49. The van der Waals surface area contributed by atoms with Crippen LogP contribution in [-0.2, 0) is 0 Å². The van der Waals surface area contributed by atoms with E-state index in [0.717, 1.165) is 24.2 Å². The SMILES string of the molecule is CCCCC#C[C@@H](c1ccccc1OC)N(C(C)C)C(C)C. The first kappa shape index (κ1) is 18.6. The monoisotopic (exact) mass is 301 g/mol. The minimum Gasteiger partial charge on any atom is -0.496 e. The second-order valence-electron chi connectivity index (χ2n) is 6.20. The molecule has 0 N–H and O–H groups in total. The number of unbranched alkanes of at least 4 members (excludes halogenated alkanes) is 2. The molecule has 0 spiro atoms. The van der Waals surface area contributed by atoms with Gasteiger partial charge in [-0.05, 0) is 40.2 Å². The molecule has 0 amide bonds. The third kappa shape index (κ3) is 5.07. The highest BCUT2D eigenvalue weighted by Gasteiger charge is 2.26. The minimum absolute atomic E-state index is 0.0769. The summed E-state index contributed by atoms with van der Waals surface area (Å²) in [6, 6.07) is 9.17. The number of nitrogens with zero attached hydrogens (tertiary/aromatic N) is 1. The van der Waals surface area contributed by atoms with Gasteiger partial charge in [-0.1, -0.05) is 37.5 Å². The Morgan fingerprint density at radius 3 is 2.27 bits per heavy atom. The zero-order valence-corrected chi connectivity index (χ0v) is 15.0. The number of rotatable bonds is 7. The van der Waals surface area contributed by atoms with Gasteiger partial charge in [-0.25, -0.2) is 0 Å². The summed E-state index contributed by atoms with van der Waals surface area (Å²) >= 11 is 0. The smallest absolute Gasteiger partial charge is 0.124 e. The van der Waals surface area contributed by atoms with Crippen LogP contribution < -0.4 is 4.74 Å². The highest BCUT2D eigenvalue weighted by atomic mass is 16.5. The van der Waals surface area contributed by atoms with Gasteiger partial charge in [0.1, 0.15) is 11.8 Å². The summed E-state index contributed by atoms with van der Waals surface area (Å²) in [5.41, 5.74) is 1.16. The molecule has 0 aliphatic heterocycles. The lowest BCUT2D eigenvalue weighted by Crippen LogP contribution is -2.39. The lowest BCUT2D eigenvalue weighted by atomic mass is 10.0. The standard InChI is InChI=1S/C20H31NO/c1-7-8-9-10-14-19(21(16(2)3)17(4)5)18-13-11-12-15-20(18)22-6/h11-13,15-17,19H,7-9H2,1-6H3/t19-/m0/s1. The van der Waals surface area contributed by atoms with Crippen LogP contribution in [0.2, 0.25) is 0 Å². The molecular formula is C20H31NO. The van der Waals surface area contributed by atoms with Crippen LogP contribution >= 0.6 is 0 Å². The molecule has 1 aromatic carbocycles. The number of para-hydroxylation sites is 1. The van der Waals surface area contributed by atoms with E-state index in [2.05, 4.69) is 63.5 Å². The molecule has 0 bridgehead atoms. The van der Waals surface area contributed by atoms with Crippen molar-refractivity contribution < 1.29 is 4.74 Å². The summed E-state index contributed by atoms with van der Waals surface area (Å²) < 4.78 is 5.57. The van der Waals surface area contributed by atoms with Gasteiger partial charge in [0.2, 0.25) is 0 Å². The second-order valence-corrected chi connectivity index (χ2v) is 6.20. The van der Waals surface area contributed by atoms with Crippen LogP contribution in [-0.4, -0.2) is 24.1 Å². The Morgan fingerprint density at radius 1 is 1.09 bits per heavy atom. The fourth-order valence-corrected chi connectivity index (χ4v) is 2.83. The molecule has 0 aliphatic rings. The van der Waals surface area contributed by atoms with Gasteiger partial charge in [0.25, 0.3) is 0 Å². The summed E-state index contributed by atoms with van der Waals surface area (Å²) in [7, 11) is 1.73. The quantitative estimate of drug-likeness (QED) is 0.516. The molecule has 1 rings (SSSR count). The van der Waals surface area contributed by atoms with Crippen molar-refractivity contribution in [1.29, 1.82) is 0 Å². The van der Waals surface area contributed by atoms with E-state index in [1.807, 2.05) is 12.1 Å². The maximum Gasteiger partial charge on any atom is 0.124 e. The molecule has 0 saturated carbocycles. The number of hydrogen-bond donors (Lipinski definition) is 0. The molecule has 0 aromatic heterocycles. The normalized spacial score (nSPS) is 12.4. The largest absolute Gasteiger partial charge is 0.496 e. The van der Waals surface area contributed by atoms with Crippen molar-refractivity contribution in [3.05, 3.63) is 29.8 Å². The minimum atomic E-state index is 0.0769. The van der Waals surface area contributed by atoms with E-state index in [4.69, 9.17) is 4.74 Å². The van der Waals surface area contributed by atoms with Crippen molar-refractivity contribution in [3.63, 3.8) is 0 Å². The van der Waals surface area contributed by atoms with Gasteiger partial charge in [-0.15, -0.1) is 5.92 Å². The average molecular weight is 301 g/mol. The Bertz CT molecular complexity index is 488. The highest BCUT2D eigenvalue weighted by Crippen LogP contribution is 2.31. The molecule has 0 heterocycles. The molecule has 0 fully saturated rings. The Balaban J connectivity index is 3.22. The highest BCUT2D eigenvalue weighted by molar-refractivity contribution is 5.40. The molecular weight excluding hydrogens is 270 g/mol. The first-order valence-electron chi connectivity index (χ1n) is 8.41. The molecule has 0 saturated heterocycles. The van der Waals surface area contributed by atoms with E-state index in [0.29, 0.717) is 12.1 Å². The van der Waals surface area contributed by atoms with Crippen molar-refractivity contribution in [3.8, 4) is 17.6 Å². The van der Waals surface area contributed by atoms with Gasteiger partial charge >= 0.3 is 0 Å². The molecule has 1 atom stereocenters. The molecule has 0 unspecified atom stereocenters. The van der Waals surface area contributed by atoms with Crippen LogP contribution in [0, 0.1) is 11.8 Å². The topological polar surface area (TPSA) is 12.5 Å². The number of methoxy groups -OCH3 is 1. The fraction of sp³-hybridized carbons (Fsp3) is 0.600. The third-order valence-electron chi connectivity index (χ3n) is 3.82. The van der Waals surface area contributed by atoms with E-state index in [1.54, 1.807) is 7.11 Å². The van der Waals surface area contributed by atoms with E-state index in [-0.39, 0.29) is 6.04 Å². The summed E-state index contributed by atoms with van der Waals surface area (Å²) in [5.74, 6) is 7.80. The van der Waals surface area contributed by atoms with E-state index >= 15 is 0 Å². The van der Waals surface area contributed by atoms with Gasteiger partial charge in [0.05, 0.1) is 7.11 Å². The van der Waals surface area contributed by atoms with E-state index < -0.39 is 0 Å². The first-order chi connectivity index (χ1) is 10.5. The molecule has 1 aromatic rings. The van der Waals surface area contributed by atoms with Crippen LogP contribution in [0.15, 0.2) is 24.3 Å². The van der Waals surface area contributed by atoms with Crippen LogP contribution in [0.5, 0.6) is 5.75 Å². The fourth-order valence-electron chi connectivity index (χ4n) is 2.83. The van der Waals surface area contributed by atoms with Gasteiger partial charge in [0.15, 0.2) is 0 Å². The number of hydrogen-bond acceptors (Lipinski definition) is 2. The Hall–Kier alpha value is -1.46. The number of ether oxygens (including phenoxy) is 1. The maximum absolute atomic E-state index is 5.57. The van der Waals surface area contributed by atoms with Crippen molar-refractivity contribution in [1.82, 2.24) is 4.90 Å². The van der Waals surface area contributed by atoms with Crippen LogP contribution in [0.25, 0.3) is 0 Å². The van der Waals surface area contributed by atoms with Crippen molar-refractivity contribution in [2.45, 2.75) is 72.0 Å². The Kier molecular flexibility index (Phi) is 8.06. The predicted molar refractivity (Wildman–Crippen MR) is 95.1 cm³/mol. The van der Waals surface area contributed by atoms with E-state index in [9.17, 15) is 0 Å². The van der Waals surface area contributed by atoms with Crippen molar-refractivity contribution in [2.24, 2.45) is 0 Å².